The second-order valence-corrected chi connectivity index (χ2v) is 5.67. The zero-order valence-corrected chi connectivity index (χ0v) is 10.7. The average molecular weight is 248 g/mol. The molecule has 4 nitrogen and oxygen atoms in total. The van der Waals surface area contributed by atoms with E-state index < -0.39 is 0 Å². The van der Waals surface area contributed by atoms with Gasteiger partial charge in [-0.3, -0.25) is 4.68 Å². The van der Waals surface area contributed by atoms with E-state index in [4.69, 9.17) is 5.73 Å². The SMILES string of the molecule is Cn1nc(-c2cccs2)nc1C1(N)CCCC1. The first kappa shape index (κ1) is 10.9. The van der Waals surface area contributed by atoms with Crippen molar-refractivity contribution in [1.82, 2.24) is 14.8 Å². The number of hydrogen-bond donors (Lipinski definition) is 1. The fourth-order valence-electron chi connectivity index (χ4n) is 2.56. The monoisotopic (exact) mass is 248 g/mol. The number of thiophene rings is 1. The Morgan fingerprint density at radius 3 is 2.82 bits per heavy atom. The van der Waals surface area contributed by atoms with Crippen molar-refractivity contribution in [2.24, 2.45) is 12.8 Å². The molecule has 0 spiro atoms. The lowest BCUT2D eigenvalue weighted by Crippen LogP contribution is -2.36. The largest absolute Gasteiger partial charge is 0.319 e. The van der Waals surface area contributed by atoms with Crippen LogP contribution in [0.1, 0.15) is 31.5 Å². The zero-order valence-electron chi connectivity index (χ0n) is 9.89. The summed E-state index contributed by atoms with van der Waals surface area (Å²) < 4.78 is 1.85. The molecule has 0 amide bonds. The summed E-state index contributed by atoms with van der Waals surface area (Å²) in [6.45, 7) is 0. The van der Waals surface area contributed by atoms with Crippen molar-refractivity contribution < 1.29 is 0 Å². The van der Waals surface area contributed by atoms with Crippen molar-refractivity contribution in [3.05, 3.63) is 23.3 Å². The highest BCUT2D eigenvalue weighted by Gasteiger charge is 2.36. The van der Waals surface area contributed by atoms with Gasteiger partial charge in [0.25, 0.3) is 0 Å². The molecule has 1 fully saturated rings. The summed E-state index contributed by atoms with van der Waals surface area (Å²) in [5.41, 5.74) is 6.16. The number of aromatic nitrogens is 3. The minimum Gasteiger partial charge on any atom is -0.319 e. The Balaban J connectivity index is 2.01. The van der Waals surface area contributed by atoms with Crippen LogP contribution < -0.4 is 5.73 Å². The molecule has 1 saturated carbocycles. The van der Waals surface area contributed by atoms with Crippen molar-refractivity contribution in [3.63, 3.8) is 0 Å². The van der Waals surface area contributed by atoms with Crippen molar-refractivity contribution in [3.8, 4) is 10.7 Å². The Labute approximate surface area is 104 Å². The van der Waals surface area contributed by atoms with Gasteiger partial charge in [-0.2, -0.15) is 5.10 Å². The highest BCUT2D eigenvalue weighted by molar-refractivity contribution is 7.13. The fourth-order valence-corrected chi connectivity index (χ4v) is 3.21. The molecule has 0 bridgehead atoms. The Kier molecular flexibility index (Phi) is 2.52. The topological polar surface area (TPSA) is 56.7 Å². The van der Waals surface area contributed by atoms with Gasteiger partial charge in [-0.25, -0.2) is 4.98 Å². The Bertz CT molecular complexity index is 509. The quantitative estimate of drug-likeness (QED) is 0.887. The highest BCUT2D eigenvalue weighted by atomic mass is 32.1. The lowest BCUT2D eigenvalue weighted by molar-refractivity contribution is 0.410. The van der Waals surface area contributed by atoms with E-state index in [-0.39, 0.29) is 5.54 Å². The Morgan fingerprint density at radius 2 is 2.18 bits per heavy atom. The average Bonchev–Trinajstić information content (AvgIpc) is 2.97. The standard InChI is InChI=1S/C12H16N4S/c1-16-11(12(13)6-2-3-7-12)14-10(15-16)9-5-4-8-17-9/h4-5,8H,2-3,6-7,13H2,1H3. The predicted octanol–water partition coefficient (Wildman–Crippen LogP) is 2.27. The maximum Gasteiger partial charge on any atom is 0.191 e. The van der Waals surface area contributed by atoms with Crippen LogP contribution in [-0.2, 0) is 12.6 Å². The van der Waals surface area contributed by atoms with E-state index in [0.29, 0.717) is 0 Å². The molecule has 2 aromatic rings. The first-order valence-corrected chi connectivity index (χ1v) is 6.81. The lowest BCUT2D eigenvalue weighted by Gasteiger charge is -2.21. The van der Waals surface area contributed by atoms with Crippen LogP contribution in [0.5, 0.6) is 0 Å². The van der Waals surface area contributed by atoms with Crippen LogP contribution >= 0.6 is 11.3 Å². The number of nitrogens with two attached hydrogens (primary N) is 1. The van der Waals surface area contributed by atoms with Gasteiger partial charge >= 0.3 is 0 Å². The molecule has 1 aliphatic carbocycles. The van der Waals surface area contributed by atoms with E-state index in [1.807, 2.05) is 29.2 Å². The van der Waals surface area contributed by atoms with Crippen molar-refractivity contribution in [2.45, 2.75) is 31.2 Å². The van der Waals surface area contributed by atoms with Crippen LogP contribution in [0.25, 0.3) is 10.7 Å². The maximum absolute atomic E-state index is 6.43. The third-order valence-corrected chi connectivity index (χ3v) is 4.31. The summed E-state index contributed by atoms with van der Waals surface area (Å²) >= 11 is 1.66. The Morgan fingerprint density at radius 1 is 1.41 bits per heavy atom. The molecular formula is C12H16N4S. The van der Waals surface area contributed by atoms with Crippen molar-refractivity contribution >= 4 is 11.3 Å². The first-order chi connectivity index (χ1) is 8.19. The first-order valence-electron chi connectivity index (χ1n) is 5.93. The molecular weight excluding hydrogens is 232 g/mol. The minimum absolute atomic E-state index is 0.267. The van der Waals surface area contributed by atoms with Gasteiger partial charge in [0.15, 0.2) is 5.82 Å². The van der Waals surface area contributed by atoms with Crippen molar-refractivity contribution in [1.29, 1.82) is 0 Å². The molecule has 0 aromatic carbocycles. The number of rotatable bonds is 2. The second-order valence-electron chi connectivity index (χ2n) is 4.72. The summed E-state index contributed by atoms with van der Waals surface area (Å²) in [5, 5.41) is 6.52. The van der Waals surface area contributed by atoms with Crippen LogP contribution in [0.15, 0.2) is 17.5 Å². The molecule has 17 heavy (non-hydrogen) atoms. The van der Waals surface area contributed by atoms with Crippen LogP contribution in [0.2, 0.25) is 0 Å². The summed E-state index contributed by atoms with van der Waals surface area (Å²) in [6, 6.07) is 4.06. The van der Waals surface area contributed by atoms with Gasteiger partial charge < -0.3 is 5.73 Å². The molecule has 2 heterocycles. The van der Waals surface area contributed by atoms with Gasteiger partial charge in [-0.05, 0) is 24.3 Å². The molecule has 0 unspecified atom stereocenters. The fraction of sp³-hybridized carbons (Fsp3) is 0.500. The molecule has 1 aliphatic rings. The smallest absolute Gasteiger partial charge is 0.191 e. The number of nitrogens with zero attached hydrogens (tertiary/aromatic N) is 3. The summed E-state index contributed by atoms with van der Waals surface area (Å²) in [4.78, 5) is 5.75. The molecule has 90 valence electrons. The third kappa shape index (κ3) is 1.79. The molecule has 0 atom stereocenters. The molecule has 2 aromatic heterocycles. The van der Waals surface area contributed by atoms with Gasteiger partial charge in [0.1, 0.15) is 5.82 Å². The summed E-state index contributed by atoms with van der Waals surface area (Å²) in [5.74, 6) is 1.73. The molecule has 0 radical (unpaired) electrons. The van der Waals surface area contributed by atoms with E-state index in [1.54, 1.807) is 11.3 Å². The molecule has 3 rings (SSSR count). The van der Waals surface area contributed by atoms with Crippen molar-refractivity contribution in [2.75, 3.05) is 0 Å². The van der Waals surface area contributed by atoms with Gasteiger partial charge in [0.2, 0.25) is 0 Å². The van der Waals surface area contributed by atoms with Gasteiger partial charge in [0, 0.05) is 7.05 Å². The lowest BCUT2D eigenvalue weighted by atomic mass is 9.98. The van der Waals surface area contributed by atoms with Crippen LogP contribution in [-0.4, -0.2) is 14.8 Å². The maximum atomic E-state index is 6.43. The highest BCUT2D eigenvalue weighted by Crippen LogP contribution is 2.36. The van der Waals surface area contributed by atoms with E-state index in [2.05, 4.69) is 10.1 Å². The number of aryl methyl sites for hydroxylation is 1. The van der Waals surface area contributed by atoms with Gasteiger partial charge in [-0.1, -0.05) is 18.9 Å². The van der Waals surface area contributed by atoms with E-state index >= 15 is 0 Å². The number of hydrogen-bond acceptors (Lipinski definition) is 4. The summed E-state index contributed by atoms with van der Waals surface area (Å²) in [7, 11) is 1.94. The van der Waals surface area contributed by atoms with Crippen LogP contribution in [0.3, 0.4) is 0 Å². The van der Waals surface area contributed by atoms with E-state index in [1.165, 1.54) is 12.8 Å². The van der Waals surface area contributed by atoms with Crippen LogP contribution in [0, 0.1) is 0 Å². The molecule has 2 N–H and O–H groups in total. The normalized spacial score (nSPS) is 18.7. The third-order valence-electron chi connectivity index (χ3n) is 3.45. The van der Waals surface area contributed by atoms with Gasteiger partial charge in [-0.15, -0.1) is 11.3 Å². The minimum atomic E-state index is -0.267. The van der Waals surface area contributed by atoms with E-state index in [0.717, 1.165) is 29.4 Å². The predicted molar refractivity (Wildman–Crippen MR) is 68.6 cm³/mol. The second kappa shape index (κ2) is 3.92. The molecule has 0 saturated heterocycles. The van der Waals surface area contributed by atoms with Crippen LogP contribution in [0.4, 0.5) is 0 Å². The zero-order chi connectivity index (χ0) is 11.9. The molecule has 5 heteroatoms. The summed E-state index contributed by atoms with van der Waals surface area (Å²) in [6.07, 6.45) is 4.42. The molecule has 0 aliphatic heterocycles. The Hall–Kier alpha value is -1.20. The van der Waals surface area contributed by atoms with E-state index in [9.17, 15) is 0 Å². The van der Waals surface area contributed by atoms with Gasteiger partial charge in [0.05, 0.1) is 10.4 Å².